The van der Waals surface area contributed by atoms with E-state index in [1.807, 2.05) is 19.1 Å². The highest BCUT2D eigenvalue weighted by Gasteiger charge is 2.68. The first-order valence-electron chi connectivity index (χ1n) is 10.2. The van der Waals surface area contributed by atoms with E-state index in [4.69, 9.17) is 4.74 Å². The molecule has 9 nitrogen and oxygen atoms in total. The van der Waals surface area contributed by atoms with Crippen LogP contribution in [0.15, 0.2) is 60.7 Å². The lowest BCUT2D eigenvalue weighted by atomic mass is 9.77. The van der Waals surface area contributed by atoms with E-state index < -0.39 is 40.3 Å². The third-order valence-corrected chi connectivity index (χ3v) is 6.31. The number of carbonyl (C=O) groups excluding carboxylic acids is 3. The van der Waals surface area contributed by atoms with Gasteiger partial charge in [0.1, 0.15) is 11.3 Å². The highest BCUT2D eigenvalue weighted by molar-refractivity contribution is 6.24. The molecule has 2 saturated heterocycles. The Kier molecular flexibility index (Phi) is 4.45. The zero-order valence-corrected chi connectivity index (χ0v) is 17.1. The lowest BCUT2D eigenvalue weighted by molar-refractivity contribution is -0.384. The fraction of sp³-hybridized carbons (Fsp3) is 0.261. The second-order valence-corrected chi connectivity index (χ2v) is 8.21. The van der Waals surface area contributed by atoms with Crippen molar-refractivity contribution in [2.45, 2.75) is 18.6 Å². The highest BCUT2D eigenvalue weighted by Crippen LogP contribution is 2.53. The number of amides is 3. The zero-order chi connectivity index (χ0) is 22.6. The van der Waals surface area contributed by atoms with Crippen LogP contribution >= 0.6 is 0 Å². The van der Waals surface area contributed by atoms with Crippen molar-refractivity contribution in [2.75, 3.05) is 11.4 Å². The Morgan fingerprint density at radius 2 is 1.88 bits per heavy atom. The van der Waals surface area contributed by atoms with Crippen LogP contribution in [0, 0.1) is 28.9 Å². The summed E-state index contributed by atoms with van der Waals surface area (Å²) in [7, 11) is 0. The smallest absolute Gasteiger partial charge is 0.293 e. The average Bonchev–Trinajstić information content (AvgIpc) is 3.43. The number of hydrogen-bond acceptors (Lipinski definition) is 6. The monoisotopic (exact) mass is 433 g/mol. The van der Waals surface area contributed by atoms with Crippen LogP contribution in [0.2, 0.25) is 0 Å². The average molecular weight is 433 g/mol. The number of benzene rings is 2. The second kappa shape index (κ2) is 7.10. The minimum Gasteiger partial charge on any atom is -0.360 e. The molecule has 3 aliphatic heterocycles. The third-order valence-electron chi connectivity index (χ3n) is 6.31. The molecule has 2 aromatic rings. The van der Waals surface area contributed by atoms with E-state index in [0.717, 1.165) is 10.5 Å². The normalized spacial score (nSPS) is 27.7. The maximum atomic E-state index is 13.4. The predicted octanol–water partition coefficient (Wildman–Crippen LogP) is 2.15. The van der Waals surface area contributed by atoms with Gasteiger partial charge in [-0.05, 0) is 25.1 Å². The lowest BCUT2D eigenvalue weighted by Crippen LogP contribution is -2.48. The molecule has 0 saturated carbocycles. The largest absolute Gasteiger partial charge is 0.360 e. The van der Waals surface area contributed by atoms with Gasteiger partial charge >= 0.3 is 0 Å². The van der Waals surface area contributed by atoms with Crippen LogP contribution in [0.25, 0.3) is 0 Å². The number of nitrogens with one attached hydrogen (secondary N) is 1. The summed E-state index contributed by atoms with van der Waals surface area (Å²) in [5.41, 5.74) is -0.0673. The van der Waals surface area contributed by atoms with E-state index in [0.29, 0.717) is 5.56 Å². The summed E-state index contributed by atoms with van der Waals surface area (Å²) in [5.74, 6) is -3.08. The molecule has 0 aromatic heterocycles. The zero-order valence-electron chi connectivity index (χ0n) is 17.1. The summed E-state index contributed by atoms with van der Waals surface area (Å²) < 4.78 is 6.01. The van der Waals surface area contributed by atoms with E-state index in [1.54, 1.807) is 24.3 Å². The Morgan fingerprint density at radius 1 is 1.16 bits per heavy atom. The number of imide groups is 1. The van der Waals surface area contributed by atoms with E-state index >= 15 is 0 Å². The van der Waals surface area contributed by atoms with Crippen LogP contribution in [0.4, 0.5) is 11.4 Å². The Balaban J connectivity index is 1.42. The van der Waals surface area contributed by atoms with Gasteiger partial charge in [-0.1, -0.05) is 42.0 Å². The van der Waals surface area contributed by atoms with Gasteiger partial charge in [-0.3, -0.25) is 24.5 Å². The number of aryl methyl sites for hydroxylation is 1. The molecule has 9 heteroatoms. The van der Waals surface area contributed by atoms with Crippen LogP contribution in [0.5, 0.6) is 0 Å². The van der Waals surface area contributed by atoms with Crippen molar-refractivity contribution in [1.82, 2.24) is 5.32 Å². The van der Waals surface area contributed by atoms with Gasteiger partial charge in [-0.2, -0.15) is 0 Å². The molecule has 3 amide bonds. The molecular formula is C23H19N3O6. The van der Waals surface area contributed by atoms with E-state index in [-0.39, 0.29) is 23.8 Å². The van der Waals surface area contributed by atoms with Gasteiger partial charge in [-0.25, -0.2) is 4.90 Å². The molecule has 2 fully saturated rings. The van der Waals surface area contributed by atoms with Crippen LogP contribution in [-0.4, -0.2) is 40.9 Å². The molecule has 1 N–H and O–H groups in total. The summed E-state index contributed by atoms with van der Waals surface area (Å²) in [6.07, 6.45) is 2.80. The number of rotatable bonds is 5. The fourth-order valence-electron chi connectivity index (χ4n) is 4.78. The second-order valence-electron chi connectivity index (χ2n) is 8.21. The number of fused-ring (bicyclic) bond motifs is 5. The standard InChI is InChI=1S/C23H19N3O6/c1-13-6-8-14(9-7-13)20(27)24-12-23-11-10-17(32-23)18-19(23)22(29)25(21(18)28)15-4-2-3-5-16(15)26(30)31/h2-11,17-19H,12H2,1H3,(H,24,27)/t17-,18-,19+,23-/m1/s1. The number of ether oxygens (including phenoxy) is 1. The van der Waals surface area contributed by atoms with E-state index in [1.165, 1.54) is 24.3 Å². The number of nitro groups is 1. The Hall–Kier alpha value is -3.85. The Morgan fingerprint density at radius 3 is 2.59 bits per heavy atom. The van der Waals surface area contributed by atoms with Crippen molar-refractivity contribution >= 4 is 29.1 Å². The van der Waals surface area contributed by atoms with E-state index in [2.05, 4.69) is 5.32 Å². The van der Waals surface area contributed by atoms with Crippen molar-refractivity contribution in [1.29, 1.82) is 0 Å². The van der Waals surface area contributed by atoms with Crippen molar-refractivity contribution in [3.63, 3.8) is 0 Å². The first kappa shape index (κ1) is 20.1. The first-order valence-corrected chi connectivity index (χ1v) is 10.2. The maximum Gasteiger partial charge on any atom is 0.293 e. The minimum absolute atomic E-state index is 0.00236. The van der Waals surface area contributed by atoms with Crippen LogP contribution in [0.3, 0.4) is 0 Å². The molecule has 0 aliphatic carbocycles. The number of hydrogen-bond donors (Lipinski definition) is 1. The van der Waals surface area contributed by atoms with E-state index in [9.17, 15) is 24.5 Å². The molecule has 162 valence electrons. The lowest BCUT2D eigenvalue weighted by Gasteiger charge is -2.29. The topological polar surface area (TPSA) is 119 Å². The van der Waals surface area contributed by atoms with Crippen molar-refractivity contribution in [3.8, 4) is 0 Å². The summed E-state index contributed by atoms with van der Waals surface area (Å²) in [4.78, 5) is 50.9. The van der Waals surface area contributed by atoms with Gasteiger partial charge in [0, 0.05) is 11.6 Å². The summed E-state index contributed by atoms with van der Waals surface area (Å²) in [6.45, 7) is 1.92. The predicted molar refractivity (Wildman–Crippen MR) is 113 cm³/mol. The molecule has 3 heterocycles. The molecule has 2 aromatic carbocycles. The molecule has 0 radical (unpaired) electrons. The van der Waals surface area contributed by atoms with Gasteiger partial charge < -0.3 is 10.1 Å². The van der Waals surface area contributed by atoms with Crippen molar-refractivity contribution < 1.29 is 24.0 Å². The molecule has 0 spiro atoms. The van der Waals surface area contributed by atoms with Gasteiger partial charge in [0.15, 0.2) is 0 Å². The Bertz CT molecular complexity index is 1190. The van der Waals surface area contributed by atoms with Crippen LogP contribution < -0.4 is 10.2 Å². The van der Waals surface area contributed by atoms with Gasteiger partial charge in [0.05, 0.1) is 29.4 Å². The molecule has 3 aliphatic rings. The van der Waals surface area contributed by atoms with Crippen LogP contribution in [-0.2, 0) is 14.3 Å². The number of nitro benzene ring substituents is 1. The summed E-state index contributed by atoms with van der Waals surface area (Å²) in [5, 5.41) is 14.3. The van der Waals surface area contributed by atoms with Crippen LogP contribution in [0.1, 0.15) is 15.9 Å². The maximum absolute atomic E-state index is 13.4. The first-order chi connectivity index (χ1) is 15.3. The highest BCUT2D eigenvalue weighted by atomic mass is 16.6. The summed E-state index contributed by atoms with van der Waals surface area (Å²) in [6, 6.07) is 12.7. The molecule has 0 unspecified atom stereocenters. The SMILES string of the molecule is Cc1ccc(C(=O)NC[C@@]23C=C[C@@H](O2)[C@H]2C(=O)N(c4ccccc4[N+](=O)[O-])C(=O)[C@H]23)cc1. The van der Waals surface area contributed by atoms with Crippen molar-refractivity contribution in [3.05, 3.63) is 81.9 Å². The van der Waals surface area contributed by atoms with Gasteiger partial charge in [0.25, 0.3) is 11.6 Å². The third kappa shape index (κ3) is 2.85. The Labute approximate surface area is 182 Å². The van der Waals surface area contributed by atoms with Gasteiger partial charge in [0.2, 0.25) is 11.8 Å². The van der Waals surface area contributed by atoms with Crippen molar-refractivity contribution in [2.24, 2.45) is 11.8 Å². The number of carbonyl (C=O) groups is 3. The molecule has 2 bridgehead atoms. The molecule has 5 rings (SSSR count). The number of para-hydroxylation sites is 2. The molecule has 4 atom stereocenters. The minimum atomic E-state index is -1.18. The number of nitrogens with zero attached hydrogens (tertiary/aromatic N) is 2. The van der Waals surface area contributed by atoms with Gasteiger partial charge in [-0.15, -0.1) is 0 Å². The number of anilines is 1. The summed E-state index contributed by atoms with van der Waals surface area (Å²) >= 11 is 0. The molecular weight excluding hydrogens is 414 g/mol. The fourth-order valence-corrected chi connectivity index (χ4v) is 4.78. The quantitative estimate of drug-likeness (QED) is 0.334. The molecule has 32 heavy (non-hydrogen) atoms.